The van der Waals surface area contributed by atoms with Crippen LogP contribution in [0, 0.1) is 11.8 Å². The van der Waals surface area contributed by atoms with E-state index in [4.69, 9.17) is 5.11 Å². The summed E-state index contributed by atoms with van der Waals surface area (Å²) in [6.45, 7) is 1.90. The summed E-state index contributed by atoms with van der Waals surface area (Å²) in [6.07, 6.45) is 2.38. The van der Waals surface area contributed by atoms with E-state index in [0.29, 0.717) is 24.5 Å². The molecule has 0 amide bonds. The van der Waals surface area contributed by atoms with Gasteiger partial charge in [-0.3, -0.25) is 9.59 Å². The molecule has 0 aromatic rings. The number of aliphatic carboxylic acids is 1. The highest BCUT2D eigenvalue weighted by molar-refractivity contribution is 5.83. The van der Waals surface area contributed by atoms with Gasteiger partial charge in [-0.05, 0) is 18.8 Å². The van der Waals surface area contributed by atoms with Gasteiger partial charge in [0.1, 0.15) is 5.78 Å². The molecule has 0 bridgehead atoms. The summed E-state index contributed by atoms with van der Waals surface area (Å²) in [7, 11) is 0. The summed E-state index contributed by atoms with van der Waals surface area (Å²) >= 11 is 0. The van der Waals surface area contributed by atoms with Crippen LogP contribution in [0.2, 0.25) is 0 Å². The largest absolute Gasteiger partial charge is 0.481 e. The number of Topliss-reactive ketones (excluding diaryl/α,β-unsaturated/α-hetero) is 1. The first-order valence-corrected chi connectivity index (χ1v) is 4.35. The third-order valence-electron chi connectivity index (χ3n) is 2.71. The lowest BCUT2D eigenvalue weighted by molar-refractivity contribution is -0.137. The summed E-state index contributed by atoms with van der Waals surface area (Å²) in [4.78, 5) is 21.3. The molecule has 0 aromatic heterocycles. The van der Waals surface area contributed by atoms with E-state index in [1.807, 2.05) is 6.92 Å². The van der Waals surface area contributed by atoms with Crippen molar-refractivity contribution in [3.05, 3.63) is 0 Å². The fraction of sp³-hybridized carbons (Fsp3) is 0.778. The van der Waals surface area contributed by atoms with Crippen LogP contribution in [0.1, 0.15) is 32.6 Å². The van der Waals surface area contributed by atoms with Crippen molar-refractivity contribution in [2.75, 3.05) is 0 Å². The maximum absolute atomic E-state index is 11.1. The van der Waals surface area contributed by atoms with Crippen molar-refractivity contribution in [3.8, 4) is 0 Å². The second-order valence-electron chi connectivity index (χ2n) is 3.49. The maximum atomic E-state index is 11.1. The van der Waals surface area contributed by atoms with Crippen LogP contribution in [0.15, 0.2) is 0 Å². The van der Waals surface area contributed by atoms with Crippen molar-refractivity contribution in [1.82, 2.24) is 0 Å². The molecule has 1 saturated carbocycles. The highest BCUT2D eigenvalue weighted by Crippen LogP contribution is 2.31. The zero-order chi connectivity index (χ0) is 9.14. The molecule has 0 unspecified atom stereocenters. The molecule has 1 aliphatic rings. The van der Waals surface area contributed by atoms with Crippen molar-refractivity contribution in [3.63, 3.8) is 0 Å². The van der Waals surface area contributed by atoms with Crippen LogP contribution < -0.4 is 0 Å². The van der Waals surface area contributed by atoms with Crippen LogP contribution in [0.3, 0.4) is 0 Å². The molecule has 2 atom stereocenters. The van der Waals surface area contributed by atoms with Gasteiger partial charge in [-0.15, -0.1) is 0 Å². The number of carboxylic acids is 1. The maximum Gasteiger partial charge on any atom is 0.303 e. The highest BCUT2D eigenvalue weighted by Gasteiger charge is 2.30. The molecule has 68 valence electrons. The average molecular weight is 170 g/mol. The van der Waals surface area contributed by atoms with E-state index >= 15 is 0 Å². The Kier molecular flexibility index (Phi) is 2.84. The Morgan fingerprint density at radius 1 is 1.67 bits per heavy atom. The monoisotopic (exact) mass is 170 g/mol. The number of carbonyl (C=O) groups is 2. The third-order valence-corrected chi connectivity index (χ3v) is 2.71. The molecule has 1 fully saturated rings. The first kappa shape index (κ1) is 9.23. The Morgan fingerprint density at radius 3 is 2.75 bits per heavy atom. The minimum absolute atomic E-state index is 0.0874. The van der Waals surface area contributed by atoms with Crippen LogP contribution in [0.4, 0.5) is 0 Å². The summed E-state index contributed by atoms with van der Waals surface area (Å²) in [5.41, 5.74) is 0. The smallest absolute Gasteiger partial charge is 0.303 e. The molecule has 1 rings (SSSR count). The molecule has 1 aliphatic carbocycles. The van der Waals surface area contributed by atoms with Gasteiger partial charge in [0.2, 0.25) is 0 Å². The molecule has 0 saturated heterocycles. The van der Waals surface area contributed by atoms with Crippen molar-refractivity contribution in [2.24, 2.45) is 11.8 Å². The fourth-order valence-corrected chi connectivity index (χ4v) is 1.77. The van der Waals surface area contributed by atoms with E-state index in [1.54, 1.807) is 0 Å². The van der Waals surface area contributed by atoms with Gasteiger partial charge in [-0.25, -0.2) is 0 Å². The lowest BCUT2D eigenvalue weighted by Crippen LogP contribution is -2.11. The fourth-order valence-electron chi connectivity index (χ4n) is 1.77. The first-order valence-electron chi connectivity index (χ1n) is 4.35. The SMILES string of the molecule is C[C@H]1C(=O)CC[C@@H]1CCC(=O)O. The van der Waals surface area contributed by atoms with Crippen LogP contribution in [-0.2, 0) is 9.59 Å². The Morgan fingerprint density at radius 2 is 2.33 bits per heavy atom. The van der Waals surface area contributed by atoms with Crippen LogP contribution in [-0.4, -0.2) is 16.9 Å². The predicted octanol–water partition coefficient (Wildman–Crippen LogP) is 1.47. The number of hydrogen-bond donors (Lipinski definition) is 1. The minimum atomic E-state index is -0.762. The minimum Gasteiger partial charge on any atom is -0.481 e. The molecule has 1 N–H and O–H groups in total. The van der Waals surface area contributed by atoms with Gasteiger partial charge in [-0.2, -0.15) is 0 Å². The second-order valence-corrected chi connectivity index (χ2v) is 3.49. The molecule has 0 aromatic carbocycles. The summed E-state index contributed by atoms with van der Waals surface area (Å²) in [5, 5.41) is 8.44. The van der Waals surface area contributed by atoms with Crippen LogP contribution in [0.5, 0.6) is 0 Å². The van der Waals surface area contributed by atoms with Gasteiger partial charge in [0, 0.05) is 18.8 Å². The zero-order valence-corrected chi connectivity index (χ0v) is 7.25. The lowest BCUT2D eigenvalue weighted by atomic mass is 9.93. The molecule has 0 heterocycles. The van der Waals surface area contributed by atoms with Crippen molar-refractivity contribution < 1.29 is 14.7 Å². The Balaban J connectivity index is 2.34. The van der Waals surface area contributed by atoms with Crippen LogP contribution in [0.25, 0.3) is 0 Å². The third kappa shape index (κ3) is 2.06. The lowest BCUT2D eigenvalue weighted by Gasteiger charge is -2.11. The number of hydrogen-bond acceptors (Lipinski definition) is 2. The number of ketones is 1. The molecular weight excluding hydrogens is 156 g/mol. The van der Waals surface area contributed by atoms with Gasteiger partial charge in [0.25, 0.3) is 0 Å². The molecule has 12 heavy (non-hydrogen) atoms. The van der Waals surface area contributed by atoms with Gasteiger partial charge in [-0.1, -0.05) is 6.92 Å². The average Bonchev–Trinajstić information content (AvgIpc) is 2.30. The van der Waals surface area contributed by atoms with Gasteiger partial charge in [0.05, 0.1) is 0 Å². The highest BCUT2D eigenvalue weighted by atomic mass is 16.4. The molecular formula is C9H14O3. The van der Waals surface area contributed by atoms with E-state index in [-0.39, 0.29) is 12.3 Å². The quantitative estimate of drug-likeness (QED) is 0.697. The predicted molar refractivity (Wildman–Crippen MR) is 43.8 cm³/mol. The standard InChI is InChI=1S/C9H14O3/c1-6-7(2-4-8(6)10)3-5-9(11)12/h6-7H,2-5H2,1H3,(H,11,12)/t6-,7-/m1/s1. The molecule has 3 heteroatoms. The summed E-state index contributed by atoms with van der Waals surface area (Å²) < 4.78 is 0. The van der Waals surface area contributed by atoms with E-state index in [2.05, 4.69) is 0 Å². The van der Waals surface area contributed by atoms with Gasteiger partial charge < -0.3 is 5.11 Å². The second kappa shape index (κ2) is 3.70. The zero-order valence-electron chi connectivity index (χ0n) is 7.25. The van der Waals surface area contributed by atoms with Crippen molar-refractivity contribution >= 4 is 11.8 Å². The van der Waals surface area contributed by atoms with Gasteiger partial charge in [0.15, 0.2) is 0 Å². The summed E-state index contributed by atoms with van der Waals surface area (Å²) in [5.74, 6) is -0.0649. The Hall–Kier alpha value is -0.860. The van der Waals surface area contributed by atoms with E-state index in [0.717, 1.165) is 6.42 Å². The molecule has 0 spiro atoms. The number of carboxylic acid groups (broad SMARTS) is 1. The van der Waals surface area contributed by atoms with E-state index in [9.17, 15) is 9.59 Å². The summed E-state index contributed by atoms with van der Waals surface area (Å²) in [6, 6.07) is 0. The van der Waals surface area contributed by atoms with E-state index in [1.165, 1.54) is 0 Å². The Labute approximate surface area is 71.8 Å². The number of carbonyl (C=O) groups excluding carboxylic acids is 1. The van der Waals surface area contributed by atoms with E-state index < -0.39 is 5.97 Å². The first-order chi connectivity index (χ1) is 5.61. The van der Waals surface area contributed by atoms with Crippen LogP contribution >= 0.6 is 0 Å². The van der Waals surface area contributed by atoms with Crippen molar-refractivity contribution in [2.45, 2.75) is 32.6 Å². The molecule has 3 nitrogen and oxygen atoms in total. The topological polar surface area (TPSA) is 54.4 Å². The van der Waals surface area contributed by atoms with Gasteiger partial charge >= 0.3 is 5.97 Å². The molecule has 0 radical (unpaired) electrons. The number of rotatable bonds is 3. The normalized spacial score (nSPS) is 29.2. The van der Waals surface area contributed by atoms with Crippen molar-refractivity contribution in [1.29, 1.82) is 0 Å². The Bertz CT molecular complexity index is 198. The molecule has 0 aliphatic heterocycles.